The van der Waals surface area contributed by atoms with Crippen LogP contribution in [-0.4, -0.2) is 34.4 Å². The van der Waals surface area contributed by atoms with E-state index in [2.05, 4.69) is 20.6 Å². The Labute approximate surface area is 161 Å². The van der Waals surface area contributed by atoms with Crippen LogP contribution in [0.1, 0.15) is 46.5 Å². The third kappa shape index (κ3) is 5.01. The molecular formula is C19H20ClFN4O2. The molecule has 1 heterocycles. The summed E-state index contributed by atoms with van der Waals surface area (Å²) in [5.41, 5.74) is 0.143. The summed E-state index contributed by atoms with van der Waals surface area (Å²) in [6.07, 6.45) is 7.88. The van der Waals surface area contributed by atoms with E-state index in [0.717, 1.165) is 25.7 Å². The Hall–Kier alpha value is -2.54. The van der Waals surface area contributed by atoms with Gasteiger partial charge in [-0.15, -0.1) is 0 Å². The number of nitrogens with zero attached hydrogens (tertiary/aromatic N) is 2. The number of carbonyl (C=O) groups is 2. The molecule has 0 saturated heterocycles. The molecule has 1 aromatic carbocycles. The van der Waals surface area contributed by atoms with Crippen molar-refractivity contribution in [3.8, 4) is 0 Å². The molecule has 142 valence electrons. The van der Waals surface area contributed by atoms with Crippen LogP contribution in [0.5, 0.6) is 0 Å². The minimum atomic E-state index is -0.641. The summed E-state index contributed by atoms with van der Waals surface area (Å²) in [6.45, 7) is 0.404. The Morgan fingerprint density at radius 1 is 1.22 bits per heavy atom. The second kappa shape index (κ2) is 8.90. The normalized spacial score (nSPS) is 19.3. The molecule has 2 atom stereocenters. The third-order valence-electron chi connectivity index (χ3n) is 4.65. The Morgan fingerprint density at radius 3 is 2.81 bits per heavy atom. The molecule has 1 aromatic heterocycles. The van der Waals surface area contributed by atoms with Gasteiger partial charge in [-0.3, -0.25) is 14.6 Å². The molecule has 3 rings (SSSR count). The number of halogens is 2. The fourth-order valence-corrected chi connectivity index (χ4v) is 3.57. The van der Waals surface area contributed by atoms with Crippen LogP contribution in [0.3, 0.4) is 0 Å². The highest BCUT2D eigenvalue weighted by Crippen LogP contribution is 2.24. The zero-order valence-corrected chi connectivity index (χ0v) is 15.4. The standard InChI is InChI=1S/C19H20ClFN4O2/c20-14-5-2-6-15(21)17(14)19(27)24-10-12-3-1-4-13(9-12)25-18(26)16-11-22-7-8-23-16/h2,5-8,11-13H,1,3-4,9-10H2,(H,24,27)(H,25,26)/t12-,13+/m1/s1. The van der Waals surface area contributed by atoms with Crippen molar-refractivity contribution in [3.63, 3.8) is 0 Å². The number of rotatable bonds is 5. The lowest BCUT2D eigenvalue weighted by atomic mass is 9.85. The van der Waals surface area contributed by atoms with Crippen LogP contribution in [0, 0.1) is 11.7 Å². The second-order valence-corrected chi connectivity index (χ2v) is 7.01. The lowest BCUT2D eigenvalue weighted by Crippen LogP contribution is -2.41. The monoisotopic (exact) mass is 390 g/mol. The smallest absolute Gasteiger partial charge is 0.271 e. The van der Waals surface area contributed by atoms with E-state index in [0.29, 0.717) is 6.54 Å². The summed E-state index contributed by atoms with van der Waals surface area (Å²) < 4.78 is 13.8. The summed E-state index contributed by atoms with van der Waals surface area (Å²) in [5, 5.41) is 5.81. The lowest BCUT2D eigenvalue weighted by molar-refractivity contribution is 0.0896. The first-order chi connectivity index (χ1) is 13.0. The molecule has 0 aliphatic heterocycles. The Kier molecular flexibility index (Phi) is 6.34. The van der Waals surface area contributed by atoms with Crippen molar-refractivity contribution in [3.05, 3.63) is 58.9 Å². The molecule has 2 amide bonds. The minimum Gasteiger partial charge on any atom is -0.352 e. The lowest BCUT2D eigenvalue weighted by Gasteiger charge is -2.29. The van der Waals surface area contributed by atoms with Gasteiger partial charge < -0.3 is 10.6 Å². The number of amides is 2. The van der Waals surface area contributed by atoms with Crippen LogP contribution < -0.4 is 10.6 Å². The summed E-state index contributed by atoms with van der Waals surface area (Å²) in [5.74, 6) is -1.22. The first-order valence-electron chi connectivity index (χ1n) is 8.83. The van der Waals surface area contributed by atoms with Gasteiger partial charge in [0, 0.05) is 25.0 Å². The maximum Gasteiger partial charge on any atom is 0.271 e. The van der Waals surface area contributed by atoms with E-state index >= 15 is 0 Å². The van der Waals surface area contributed by atoms with Crippen molar-refractivity contribution in [2.45, 2.75) is 31.7 Å². The third-order valence-corrected chi connectivity index (χ3v) is 4.97. The quantitative estimate of drug-likeness (QED) is 0.822. The fraction of sp³-hybridized carbons (Fsp3) is 0.368. The summed E-state index contributed by atoms with van der Waals surface area (Å²) in [7, 11) is 0. The van der Waals surface area contributed by atoms with Crippen molar-refractivity contribution in [1.29, 1.82) is 0 Å². The molecule has 0 bridgehead atoms. The zero-order valence-electron chi connectivity index (χ0n) is 14.6. The number of carbonyl (C=O) groups excluding carboxylic acids is 2. The molecular weight excluding hydrogens is 371 g/mol. The highest BCUT2D eigenvalue weighted by atomic mass is 35.5. The first-order valence-corrected chi connectivity index (χ1v) is 9.21. The fourth-order valence-electron chi connectivity index (χ4n) is 3.32. The molecule has 1 aliphatic rings. The molecule has 8 heteroatoms. The Balaban J connectivity index is 1.53. The molecule has 1 fully saturated rings. The maximum atomic E-state index is 13.8. The summed E-state index contributed by atoms with van der Waals surface area (Å²) >= 11 is 5.93. The SMILES string of the molecule is O=C(N[C@H]1CCC[C@@H](CNC(=O)c2c(F)cccc2Cl)C1)c1cnccn1. The molecule has 0 unspecified atom stereocenters. The molecule has 6 nitrogen and oxygen atoms in total. The molecule has 1 aliphatic carbocycles. The Bertz CT molecular complexity index is 798. The van der Waals surface area contributed by atoms with Crippen molar-refractivity contribution in [2.24, 2.45) is 5.92 Å². The van der Waals surface area contributed by atoms with Gasteiger partial charge in [0.25, 0.3) is 11.8 Å². The van der Waals surface area contributed by atoms with E-state index in [1.54, 1.807) is 0 Å². The van der Waals surface area contributed by atoms with Gasteiger partial charge in [-0.1, -0.05) is 24.1 Å². The second-order valence-electron chi connectivity index (χ2n) is 6.60. The van der Waals surface area contributed by atoms with Crippen LogP contribution in [0.15, 0.2) is 36.8 Å². The van der Waals surface area contributed by atoms with E-state index in [4.69, 9.17) is 11.6 Å². The highest BCUT2D eigenvalue weighted by molar-refractivity contribution is 6.33. The van der Waals surface area contributed by atoms with Crippen LogP contribution in [0.4, 0.5) is 4.39 Å². The van der Waals surface area contributed by atoms with Crippen molar-refractivity contribution in [2.75, 3.05) is 6.54 Å². The highest BCUT2D eigenvalue weighted by Gasteiger charge is 2.25. The van der Waals surface area contributed by atoms with Gasteiger partial charge in [0.1, 0.15) is 11.5 Å². The predicted octanol–water partition coefficient (Wildman–Crippen LogP) is 2.99. The largest absolute Gasteiger partial charge is 0.352 e. The van der Waals surface area contributed by atoms with E-state index < -0.39 is 11.7 Å². The van der Waals surface area contributed by atoms with Crippen molar-refractivity contribution >= 4 is 23.4 Å². The molecule has 2 aromatic rings. The molecule has 2 N–H and O–H groups in total. The number of benzene rings is 1. The molecule has 0 radical (unpaired) electrons. The van der Waals surface area contributed by atoms with E-state index in [1.807, 2.05) is 0 Å². The molecule has 27 heavy (non-hydrogen) atoms. The number of aromatic nitrogens is 2. The van der Waals surface area contributed by atoms with E-state index in [9.17, 15) is 14.0 Å². The number of hydrogen-bond donors (Lipinski definition) is 2. The molecule has 0 spiro atoms. The van der Waals surface area contributed by atoms with Gasteiger partial charge in [0.05, 0.1) is 16.8 Å². The van der Waals surface area contributed by atoms with Gasteiger partial charge in [-0.25, -0.2) is 9.37 Å². The van der Waals surface area contributed by atoms with E-state index in [-0.39, 0.29) is 34.1 Å². The van der Waals surface area contributed by atoms with Gasteiger partial charge in [0.15, 0.2) is 0 Å². The minimum absolute atomic E-state index is 0.00667. The average molecular weight is 391 g/mol. The molecule has 1 saturated carbocycles. The van der Waals surface area contributed by atoms with Crippen LogP contribution in [0.25, 0.3) is 0 Å². The Morgan fingerprint density at radius 2 is 2.07 bits per heavy atom. The zero-order chi connectivity index (χ0) is 19.2. The van der Waals surface area contributed by atoms with Gasteiger partial charge in [0.2, 0.25) is 0 Å². The van der Waals surface area contributed by atoms with Gasteiger partial charge >= 0.3 is 0 Å². The van der Waals surface area contributed by atoms with Crippen LogP contribution in [0.2, 0.25) is 5.02 Å². The van der Waals surface area contributed by atoms with Crippen molar-refractivity contribution in [1.82, 2.24) is 20.6 Å². The van der Waals surface area contributed by atoms with E-state index in [1.165, 1.54) is 36.8 Å². The maximum absolute atomic E-state index is 13.8. The number of nitrogens with one attached hydrogen (secondary N) is 2. The predicted molar refractivity (Wildman–Crippen MR) is 99.0 cm³/mol. The first kappa shape index (κ1) is 19.2. The van der Waals surface area contributed by atoms with Crippen molar-refractivity contribution < 1.29 is 14.0 Å². The van der Waals surface area contributed by atoms with Crippen LogP contribution in [-0.2, 0) is 0 Å². The van der Waals surface area contributed by atoms with Gasteiger partial charge in [-0.05, 0) is 37.3 Å². The van der Waals surface area contributed by atoms with Gasteiger partial charge in [-0.2, -0.15) is 0 Å². The summed E-state index contributed by atoms with van der Waals surface area (Å²) in [4.78, 5) is 32.3. The average Bonchev–Trinajstić information content (AvgIpc) is 2.67. The topological polar surface area (TPSA) is 84.0 Å². The number of hydrogen-bond acceptors (Lipinski definition) is 4. The van der Waals surface area contributed by atoms with Crippen LogP contribution >= 0.6 is 11.6 Å². The summed E-state index contributed by atoms with van der Waals surface area (Å²) in [6, 6.07) is 4.16.